The van der Waals surface area contributed by atoms with Crippen LogP contribution in [0, 0.1) is 0 Å². The first-order valence-electron chi connectivity index (χ1n) is 19.8. The van der Waals surface area contributed by atoms with E-state index >= 15 is 0 Å². The molecule has 5 aromatic carbocycles. The molecule has 0 amide bonds. The number of azo groups is 2. The number of benzene rings is 5. The maximum atomic E-state index is 13.0. The lowest BCUT2D eigenvalue weighted by Gasteiger charge is -2.14. The third-order valence-corrected chi connectivity index (χ3v) is 16.6. The van der Waals surface area contributed by atoms with Crippen LogP contribution in [0.15, 0.2) is 118 Å². The number of nitrogens with one attached hydrogen (secondary N) is 2. The highest BCUT2D eigenvalue weighted by Gasteiger charge is 2.28. The molecule has 0 aliphatic heterocycles. The number of rotatable bonds is 22. The normalized spacial score (nSPS) is 13.1. The van der Waals surface area contributed by atoms with E-state index in [1.54, 1.807) is 0 Å². The van der Waals surface area contributed by atoms with Crippen LogP contribution in [0.25, 0.3) is 10.8 Å². The van der Waals surface area contributed by atoms with Crippen LogP contribution in [0.4, 0.5) is 46.0 Å². The Hall–Kier alpha value is -6.77. The van der Waals surface area contributed by atoms with Gasteiger partial charge in [-0.25, -0.2) is 25.2 Å². The third kappa shape index (κ3) is 15.5. The summed E-state index contributed by atoms with van der Waals surface area (Å²) in [6, 6.07) is 11.2. The summed E-state index contributed by atoms with van der Waals surface area (Å²) in [5, 5.41) is 41.1. The minimum Gasteiger partial charge on any atom is -0.505 e. The maximum Gasteiger partial charge on any atom is 0.397 e. The number of aromatic hydroxyl groups is 2. The molecular weight excluding hydrogens is 1200 g/mol. The van der Waals surface area contributed by atoms with Crippen LogP contribution in [0.5, 0.6) is 17.2 Å². The van der Waals surface area contributed by atoms with E-state index in [0.29, 0.717) is 18.2 Å². The minimum absolute atomic E-state index is 0.0310. The molecule has 0 spiro atoms. The average molecular weight is 1230 g/mol. The molecule has 9 N–H and O–H groups in total. The van der Waals surface area contributed by atoms with Gasteiger partial charge in [-0.2, -0.15) is 62.2 Å². The van der Waals surface area contributed by atoms with Crippen molar-refractivity contribution in [1.29, 1.82) is 0 Å². The molecule has 6 rings (SSSR count). The van der Waals surface area contributed by atoms with Gasteiger partial charge < -0.3 is 25.6 Å². The molecule has 0 atom stereocenters. The number of sulfone groups is 2. The van der Waals surface area contributed by atoms with Gasteiger partial charge in [-0.1, -0.05) is 0 Å². The van der Waals surface area contributed by atoms with Crippen molar-refractivity contribution in [3.63, 3.8) is 0 Å². The Bertz CT molecular complexity index is 4250. The van der Waals surface area contributed by atoms with Gasteiger partial charge >= 0.3 is 20.8 Å². The van der Waals surface area contributed by atoms with E-state index in [2.05, 4.69) is 54.4 Å². The van der Waals surface area contributed by atoms with Crippen molar-refractivity contribution in [2.45, 2.75) is 24.5 Å². The summed E-state index contributed by atoms with van der Waals surface area (Å²) >= 11 is 6.07. The zero-order chi connectivity index (χ0) is 57.3. The molecular formula is C36H32ClN9O24S7. The summed E-state index contributed by atoms with van der Waals surface area (Å²) in [5.41, 5.74) is -2.97. The lowest BCUT2D eigenvalue weighted by molar-refractivity contribution is 0.282. The van der Waals surface area contributed by atoms with Crippen LogP contribution in [0.2, 0.25) is 5.28 Å². The fourth-order valence-electron chi connectivity index (χ4n) is 6.22. The summed E-state index contributed by atoms with van der Waals surface area (Å²) in [6.45, 7) is -2.05. The number of fused-ring (bicyclic) bond motifs is 1. The number of nitrogens with zero attached hydrogens (tertiary/aromatic N) is 7. The number of phenolic OH excluding ortho intramolecular Hbond substituents is 2. The van der Waals surface area contributed by atoms with E-state index < -0.39 is 161 Å². The highest BCUT2D eigenvalue weighted by atomic mass is 35.5. The second-order valence-corrected chi connectivity index (χ2v) is 25.7. The molecule has 0 aliphatic rings. The van der Waals surface area contributed by atoms with Gasteiger partial charge in [0.1, 0.15) is 37.5 Å². The van der Waals surface area contributed by atoms with Gasteiger partial charge in [0.05, 0.1) is 53.0 Å². The van der Waals surface area contributed by atoms with Crippen molar-refractivity contribution in [1.82, 2.24) is 15.0 Å². The van der Waals surface area contributed by atoms with Crippen molar-refractivity contribution in [2.24, 2.45) is 20.5 Å². The zero-order valence-electron chi connectivity index (χ0n) is 37.7. The molecule has 77 heavy (non-hydrogen) atoms. The Morgan fingerprint density at radius 1 is 0.545 bits per heavy atom. The van der Waals surface area contributed by atoms with Crippen molar-refractivity contribution in [2.75, 3.05) is 42.5 Å². The Balaban J connectivity index is 1.30. The van der Waals surface area contributed by atoms with Crippen molar-refractivity contribution < 1.29 is 105 Å². The molecule has 33 nitrogen and oxygen atoms in total. The van der Waals surface area contributed by atoms with Crippen LogP contribution >= 0.6 is 11.6 Å². The van der Waals surface area contributed by atoms with E-state index in [-0.39, 0.29) is 38.5 Å². The van der Waals surface area contributed by atoms with Gasteiger partial charge in [-0.15, -0.1) is 15.3 Å². The van der Waals surface area contributed by atoms with Gasteiger partial charge in [0.15, 0.2) is 31.2 Å². The molecule has 0 saturated carbocycles. The van der Waals surface area contributed by atoms with E-state index in [0.717, 1.165) is 55.6 Å². The lowest BCUT2D eigenvalue weighted by atomic mass is 10.1. The largest absolute Gasteiger partial charge is 0.505 e. The molecule has 1 aromatic heterocycles. The maximum absolute atomic E-state index is 13.0. The van der Waals surface area contributed by atoms with Gasteiger partial charge in [0.25, 0.3) is 30.4 Å². The van der Waals surface area contributed by atoms with Crippen LogP contribution in [0.3, 0.4) is 0 Å². The summed E-state index contributed by atoms with van der Waals surface area (Å²) in [4.78, 5) is 6.83. The number of anilines is 4. The average Bonchev–Trinajstić information content (AvgIpc) is 3.29. The van der Waals surface area contributed by atoms with Crippen LogP contribution < -0.4 is 15.4 Å². The first-order valence-corrected chi connectivity index (χ1v) is 30.6. The SMILES string of the molecule is COc1cc(/N=N/c2c(S(=O)(=O)O)cc3cc(Nc4nc(Cl)nc(Nc5cc(S(=O)(=O)CCOS(=O)(=O)O)cc(S(=O)(=O)O)c5O)n4)ccc3c2O)c(S(=O)(=O)O)cc1/N=N/c1ccc(S(=O)(=O)CCOS(=O)(=O)O)cc1. The molecule has 0 bridgehead atoms. The third-order valence-electron chi connectivity index (χ3n) is 9.56. The Morgan fingerprint density at radius 3 is 1.64 bits per heavy atom. The van der Waals surface area contributed by atoms with Crippen LogP contribution in [0.1, 0.15) is 0 Å². The zero-order valence-corrected chi connectivity index (χ0v) is 44.2. The second kappa shape index (κ2) is 22.3. The van der Waals surface area contributed by atoms with Crippen molar-refractivity contribution >= 4 is 139 Å². The first kappa shape index (κ1) is 59.5. The highest BCUT2D eigenvalue weighted by molar-refractivity contribution is 7.92. The van der Waals surface area contributed by atoms with E-state index in [4.69, 9.17) is 25.4 Å². The molecule has 6 aromatic rings. The minimum atomic E-state index is -5.38. The smallest absolute Gasteiger partial charge is 0.397 e. The fraction of sp³-hybridized carbons (Fsp3) is 0.139. The van der Waals surface area contributed by atoms with E-state index in [1.807, 2.05) is 0 Å². The Labute approximate surface area is 439 Å². The molecule has 0 fully saturated rings. The first-order chi connectivity index (χ1) is 35.4. The fourth-order valence-corrected chi connectivity index (χ4v) is 11.4. The number of ether oxygens (including phenoxy) is 1. The second-order valence-electron chi connectivity index (χ2n) is 14.8. The van der Waals surface area contributed by atoms with Gasteiger partial charge in [0.2, 0.25) is 17.2 Å². The molecule has 0 aliphatic carbocycles. The molecule has 0 radical (unpaired) electrons. The molecule has 41 heteroatoms. The van der Waals surface area contributed by atoms with Crippen LogP contribution in [-0.4, -0.2) is 139 Å². The number of hydrogen-bond donors (Lipinski definition) is 9. The van der Waals surface area contributed by atoms with Crippen molar-refractivity contribution in [3.8, 4) is 17.2 Å². The predicted molar refractivity (Wildman–Crippen MR) is 261 cm³/mol. The molecule has 0 unspecified atom stereocenters. The summed E-state index contributed by atoms with van der Waals surface area (Å²) in [5.74, 6) is -5.69. The van der Waals surface area contributed by atoms with E-state index in [9.17, 15) is 82.8 Å². The van der Waals surface area contributed by atoms with Crippen molar-refractivity contribution in [3.05, 3.63) is 78.1 Å². The van der Waals surface area contributed by atoms with Crippen LogP contribution in [-0.2, 0) is 79.2 Å². The monoisotopic (exact) mass is 1230 g/mol. The summed E-state index contributed by atoms with van der Waals surface area (Å²) < 4.78 is 230. The predicted octanol–water partition coefficient (Wildman–Crippen LogP) is 4.34. The number of methoxy groups -OCH3 is 1. The number of phenols is 2. The summed E-state index contributed by atoms with van der Waals surface area (Å²) in [7, 11) is -33.7. The number of aromatic nitrogens is 3. The molecule has 414 valence electrons. The standard InChI is InChI=1S/C36H32ClN9O24S7/c1-68-27-16-25(28(73(53,54)55)17-24(27)44-43-19-2-5-21(6-3-19)71(49,50)10-8-69-76(62,63)64)45-46-31-29(74(56,57)58)13-18-12-20(4-7-23(18)32(31)47)38-35-40-34(37)41-36(42-35)39-26-14-22(15-30(33(26)48)75(59,60)61)72(51,52)11-9-70-77(65,66)67/h2-7,12-17,47-48H,8-11H2,1H3,(H,53,54,55)(H,56,57,58)(H,59,60,61)(H,62,63,64)(H,65,66,67)(H2,38,39,40,41,42)/b44-43+,46-45+. The molecule has 1 heterocycles. The highest BCUT2D eigenvalue weighted by Crippen LogP contribution is 2.44. The quantitative estimate of drug-likeness (QED) is 0.0259. The number of halogens is 1. The lowest BCUT2D eigenvalue weighted by Crippen LogP contribution is -2.16. The van der Waals surface area contributed by atoms with E-state index in [1.165, 1.54) is 6.07 Å². The van der Waals surface area contributed by atoms with Gasteiger partial charge in [0, 0.05) is 17.1 Å². The Kier molecular flexibility index (Phi) is 17.2. The van der Waals surface area contributed by atoms with Gasteiger partial charge in [-0.3, -0.25) is 22.8 Å². The number of hydrogen-bond acceptors (Lipinski definition) is 28. The topological polar surface area (TPSA) is 520 Å². The Morgan fingerprint density at radius 2 is 1.09 bits per heavy atom. The van der Waals surface area contributed by atoms with Gasteiger partial charge in [-0.05, 0) is 83.7 Å². The molecule has 0 saturated heterocycles. The summed E-state index contributed by atoms with van der Waals surface area (Å²) in [6.07, 6.45) is 0.